The Bertz CT molecular complexity index is 1260. The fraction of sp³-hybridized carbons (Fsp3) is 0.360. The molecule has 4 rings (SSSR count). The third kappa shape index (κ3) is 5.25. The first-order chi connectivity index (χ1) is 16.5. The normalized spacial score (nSPS) is 17.8. The van der Waals surface area contributed by atoms with Gasteiger partial charge in [0.1, 0.15) is 5.75 Å². The number of rotatable bonds is 6. The predicted octanol–water partition coefficient (Wildman–Crippen LogP) is 3.89. The van der Waals surface area contributed by atoms with Gasteiger partial charge in [-0.05, 0) is 43.0 Å². The highest BCUT2D eigenvalue weighted by molar-refractivity contribution is 7.99. The molecule has 8 nitrogen and oxygen atoms in total. The SMILES string of the molecule is COc1ccccc1-n1c(SCC(=O)NC(=O)N[C@@H]2CCCC[C@@H]2C)nc2ccccc2c1=O. The number of methoxy groups -OCH3 is 1. The first kappa shape index (κ1) is 23.8. The number of imide groups is 1. The molecule has 2 atom stereocenters. The molecule has 1 aromatic heterocycles. The molecule has 0 aliphatic heterocycles. The lowest BCUT2D eigenvalue weighted by Gasteiger charge is -2.29. The molecule has 1 fully saturated rings. The van der Waals surface area contributed by atoms with Gasteiger partial charge in [-0.1, -0.05) is 55.8 Å². The van der Waals surface area contributed by atoms with E-state index < -0.39 is 11.9 Å². The number of hydrogen-bond acceptors (Lipinski definition) is 6. The van der Waals surface area contributed by atoms with Gasteiger partial charge in [0.15, 0.2) is 5.16 Å². The van der Waals surface area contributed by atoms with Crippen LogP contribution in [0, 0.1) is 5.92 Å². The van der Waals surface area contributed by atoms with E-state index in [0.29, 0.717) is 33.4 Å². The molecule has 3 aromatic rings. The molecule has 0 radical (unpaired) electrons. The lowest BCUT2D eigenvalue weighted by Crippen LogP contribution is -2.48. The minimum Gasteiger partial charge on any atom is -0.495 e. The number of nitrogens with zero attached hydrogens (tertiary/aromatic N) is 2. The number of carbonyl (C=O) groups is 2. The van der Waals surface area contributed by atoms with Crippen LogP contribution in [-0.4, -0.2) is 40.4 Å². The van der Waals surface area contributed by atoms with Crippen molar-refractivity contribution in [3.05, 3.63) is 58.9 Å². The zero-order chi connectivity index (χ0) is 24.1. The summed E-state index contributed by atoms with van der Waals surface area (Å²) in [5.41, 5.74) is 0.799. The van der Waals surface area contributed by atoms with Crippen LogP contribution >= 0.6 is 11.8 Å². The number of ether oxygens (including phenoxy) is 1. The maximum Gasteiger partial charge on any atom is 0.321 e. The lowest BCUT2D eigenvalue weighted by molar-refractivity contribution is -0.117. The van der Waals surface area contributed by atoms with Gasteiger partial charge in [0, 0.05) is 6.04 Å². The number of benzene rings is 2. The minimum atomic E-state index is -0.488. The highest BCUT2D eigenvalue weighted by atomic mass is 32.2. The quantitative estimate of drug-likeness (QED) is 0.410. The minimum absolute atomic E-state index is 0.0758. The second kappa shape index (κ2) is 10.7. The largest absolute Gasteiger partial charge is 0.495 e. The zero-order valence-corrected chi connectivity index (χ0v) is 20.1. The Kier molecular flexibility index (Phi) is 7.52. The average Bonchev–Trinajstić information content (AvgIpc) is 2.84. The van der Waals surface area contributed by atoms with Crippen molar-refractivity contribution < 1.29 is 14.3 Å². The van der Waals surface area contributed by atoms with Crippen molar-refractivity contribution in [1.29, 1.82) is 0 Å². The third-order valence-corrected chi connectivity index (χ3v) is 7.02. The fourth-order valence-corrected chi connectivity index (χ4v) is 5.07. The highest BCUT2D eigenvalue weighted by Gasteiger charge is 2.24. The molecule has 2 N–H and O–H groups in total. The van der Waals surface area contributed by atoms with Crippen molar-refractivity contribution in [2.75, 3.05) is 12.9 Å². The van der Waals surface area contributed by atoms with Gasteiger partial charge >= 0.3 is 6.03 Å². The van der Waals surface area contributed by atoms with Crippen molar-refractivity contribution in [1.82, 2.24) is 20.2 Å². The van der Waals surface area contributed by atoms with Crippen molar-refractivity contribution in [3.63, 3.8) is 0 Å². The molecule has 0 bridgehead atoms. The van der Waals surface area contributed by atoms with Crippen LogP contribution in [0.1, 0.15) is 32.6 Å². The Morgan fingerprint density at radius 1 is 1.12 bits per heavy atom. The van der Waals surface area contributed by atoms with E-state index in [9.17, 15) is 14.4 Å². The third-order valence-electron chi connectivity index (χ3n) is 6.08. The standard InChI is InChI=1S/C25H28N4O4S/c1-16-9-3-5-11-18(16)26-24(32)28-22(30)15-34-25-27-19-12-6-4-10-17(19)23(31)29(25)20-13-7-8-14-21(20)33-2/h4,6-8,10,12-14,16,18H,3,5,9,11,15H2,1-2H3,(H2,26,28,30,32)/t16-,18+/m0/s1. The maximum atomic E-state index is 13.4. The number of fused-ring (bicyclic) bond motifs is 1. The molecule has 0 unspecified atom stereocenters. The van der Waals surface area contributed by atoms with Crippen LogP contribution in [-0.2, 0) is 4.79 Å². The van der Waals surface area contributed by atoms with Crippen LogP contribution < -0.4 is 20.9 Å². The molecular weight excluding hydrogens is 452 g/mol. The van der Waals surface area contributed by atoms with Crippen LogP contribution in [0.15, 0.2) is 58.5 Å². The van der Waals surface area contributed by atoms with Crippen LogP contribution in [0.25, 0.3) is 16.6 Å². The van der Waals surface area contributed by atoms with Gasteiger partial charge in [-0.25, -0.2) is 9.78 Å². The van der Waals surface area contributed by atoms with E-state index in [1.54, 1.807) is 42.5 Å². The summed E-state index contributed by atoms with van der Waals surface area (Å²) in [7, 11) is 1.53. The summed E-state index contributed by atoms with van der Waals surface area (Å²) in [6.07, 6.45) is 4.24. The summed E-state index contributed by atoms with van der Waals surface area (Å²) in [6, 6.07) is 13.8. The molecule has 34 heavy (non-hydrogen) atoms. The number of nitrogens with one attached hydrogen (secondary N) is 2. The van der Waals surface area contributed by atoms with E-state index in [-0.39, 0.29) is 17.4 Å². The monoisotopic (exact) mass is 480 g/mol. The predicted molar refractivity (Wildman–Crippen MR) is 133 cm³/mol. The van der Waals surface area contributed by atoms with E-state index in [4.69, 9.17) is 4.74 Å². The lowest BCUT2D eigenvalue weighted by atomic mass is 9.86. The van der Waals surface area contributed by atoms with Crippen molar-refractivity contribution in [2.45, 2.75) is 43.8 Å². The van der Waals surface area contributed by atoms with E-state index in [1.807, 2.05) is 6.07 Å². The number of amides is 3. The summed E-state index contributed by atoms with van der Waals surface area (Å²) < 4.78 is 6.90. The van der Waals surface area contributed by atoms with E-state index >= 15 is 0 Å². The molecule has 2 aromatic carbocycles. The Morgan fingerprint density at radius 3 is 2.65 bits per heavy atom. The molecule has 1 saturated carbocycles. The van der Waals surface area contributed by atoms with Gasteiger partial charge in [0.2, 0.25) is 5.91 Å². The van der Waals surface area contributed by atoms with Crippen LogP contribution in [0.3, 0.4) is 0 Å². The molecule has 1 aliphatic carbocycles. The smallest absolute Gasteiger partial charge is 0.321 e. The summed E-state index contributed by atoms with van der Waals surface area (Å²) in [4.78, 5) is 42.9. The average molecular weight is 481 g/mol. The van der Waals surface area contributed by atoms with Crippen LogP contribution in [0.4, 0.5) is 4.79 Å². The molecule has 1 aliphatic rings. The van der Waals surface area contributed by atoms with Gasteiger partial charge in [0.25, 0.3) is 5.56 Å². The second-order valence-corrected chi connectivity index (χ2v) is 9.34. The number of thioether (sulfide) groups is 1. The summed E-state index contributed by atoms with van der Waals surface area (Å²) >= 11 is 1.09. The Balaban J connectivity index is 1.55. The van der Waals surface area contributed by atoms with Gasteiger partial charge in [-0.3, -0.25) is 19.5 Å². The zero-order valence-electron chi connectivity index (χ0n) is 19.2. The van der Waals surface area contributed by atoms with E-state index in [1.165, 1.54) is 18.1 Å². The number of aromatic nitrogens is 2. The van der Waals surface area contributed by atoms with Gasteiger partial charge in [-0.2, -0.15) is 0 Å². The second-order valence-electron chi connectivity index (χ2n) is 8.40. The summed E-state index contributed by atoms with van der Waals surface area (Å²) in [6.45, 7) is 2.12. The van der Waals surface area contributed by atoms with E-state index in [2.05, 4.69) is 22.5 Å². The summed E-state index contributed by atoms with van der Waals surface area (Å²) in [5, 5.41) is 6.12. The van der Waals surface area contributed by atoms with Crippen LogP contribution in [0.5, 0.6) is 5.75 Å². The first-order valence-electron chi connectivity index (χ1n) is 11.4. The van der Waals surface area contributed by atoms with Gasteiger partial charge in [0.05, 0.1) is 29.5 Å². The van der Waals surface area contributed by atoms with Crippen LogP contribution in [0.2, 0.25) is 0 Å². The summed E-state index contributed by atoms with van der Waals surface area (Å²) in [5.74, 6) is 0.364. The van der Waals surface area contributed by atoms with Gasteiger partial charge in [-0.15, -0.1) is 0 Å². The molecule has 3 amide bonds. The number of para-hydroxylation sites is 3. The van der Waals surface area contributed by atoms with E-state index in [0.717, 1.165) is 31.0 Å². The first-order valence-corrected chi connectivity index (χ1v) is 12.3. The van der Waals surface area contributed by atoms with Crippen molar-refractivity contribution in [3.8, 4) is 11.4 Å². The Morgan fingerprint density at radius 2 is 1.85 bits per heavy atom. The molecule has 0 spiro atoms. The van der Waals surface area contributed by atoms with Crippen molar-refractivity contribution >= 4 is 34.6 Å². The Hall–Kier alpha value is -3.33. The highest BCUT2D eigenvalue weighted by Crippen LogP contribution is 2.27. The molecule has 9 heteroatoms. The van der Waals surface area contributed by atoms with Crippen molar-refractivity contribution in [2.24, 2.45) is 5.92 Å². The fourth-order valence-electron chi connectivity index (χ4n) is 4.26. The van der Waals surface area contributed by atoms with Gasteiger partial charge < -0.3 is 10.1 Å². The molecular formula is C25H28N4O4S. The molecule has 0 saturated heterocycles. The number of urea groups is 1. The molecule has 1 heterocycles. The molecule has 178 valence electrons. The Labute approximate surface area is 202 Å². The number of hydrogen-bond donors (Lipinski definition) is 2. The maximum absolute atomic E-state index is 13.4. The topological polar surface area (TPSA) is 102 Å². The number of carbonyl (C=O) groups excluding carboxylic acids is 2.